The monoisotopic (exact) mass is 353 g/mol. The average Bonchev–Trinajstić information content (AvgIpc) is 3.06. The first kappa shape index (κ1) is 15.2. The Morgan fingerprint density at radius 1 is 0.577 bits per heavy atom. The topological polar surface area (TPSA) is 15.8 Å². The van der Waals surface area contributed by atoms with Gasteiger partial charge in [0.05, 0.1) is 0 Å². The number of halogens is 1. The Morgan fingerprint density at radius 2 is 1.27 bits per heavy atom. The van der Waals surface area contributed by atoms with Crippen molar-refractivity contribution in [3.8, 4) is 22.3 Å². The molecule has 0 aliphatic heterocycles. The van der Waals surface area contributed by atoms with Gasteiger partial charge >= 0.3 is 0 Å². The van der Waals surface area contributed by atoms with Crippen molar-refractivity contribution in [1.82, 2.24) is 4.98 Å². The molecule has 0 amide bonds. The summed E-state index contributed by atoms with van der Waals surface area (Å²) in [6, 6.07) is 31.6. The van der Waals surface area contributed by atoms with Gasteiger partial charge in [-0.1, -0.05) is 78.3 Å². The molecule has 0 aliphatic rings. The zero-order chi connectivity index (χ0) is 17.5. The highest BCUT2D eigenvalue weighted by Gasteiger charge is 2.13. The van der Waals surface area contributed by atoms with Crippen LogP contribution in [0.4, 0.5) is 0 Å². The van der Waals surface area contributed by atoms with Gasteiger partial charge in [-0.3, -0.25) is 0 Å². The van der Waals surface area contributed by atoms with Gasteiger partial charge in [0.1, 0.15) is 0 Å². The number of hydrogen-bond donors (Lipinski definition) is 1. The first-order valence-corrected chi connectivity index (χ1v) is 9.03. The minimum atomic E-state index is 0.744. The van der Waals surface area contributed by atoms with Crippen molar-refractivity contribution in [3.05, 3.63) is 96.0 Å². The third-order valence-electron chi connectivity index (χ3n) is 4.85. The quantitative estimate of drug-likeness (QED) is 0.342. The summed E-state index contributed by atoms with van der Waals surface area (Å²) in [5.41, 5.74) is 7.05. The van der Waals surface area contributed by atoms with E-state index in [1.807, 2.05) is 18.2 Å². The van der Waals surface area contributed by atoms with E-state index in [0.717, 1.165) is 16.1 Å². The Bertz CT molecular complexity index is 1220. The van der Waals surface area contributed by atoms with E-state index in [-0.39, 0.29) is 0 Å². The van der Waals surface area contributed by atoms with Crippen molar-refractivity contribution in [2.75, 3.05) is 0 Å². The summed E-state index contributed by atoms with van der Waals surface area (Å²) in [6.45, 7) is 0. The maximum atomic E-state index is 6.21. The highest BCUT2D eigenvalue weighted by molar-refractivity contribution is 6.31. The maximum Gasteiger partial charge on any atom is 0.0480 e. The molecule has 1 nitrogen and oxygen atoms in total. The molecule has 2 heteroatoms. The molecule has 1 heterocycles. The molecule has 0 saturated heterocycles. The number of aromatic amines is 1. The van der Waals surface area contributed by atoms with Gasteiger partial charge in [-0.2, -0.15) is 0 Å². The van der Waals surface area contributed by atoms with E-state index >= 15 is 0 Å². The second kappa shape index (κ2) is 6.05. The fraction of sp³-hybridized carbons (Fsp3) is 0. The summed E-state index contributed by atoms with van der Waals surface area (Å²) in [6.07, 6.45) is 0. The highest BCUT2D eigenvalue weighted by Crippen LogP contribution is 2.38. The normalized spacial score (nSPS) is 11.3. The van der Waals surface area contributed by atoms with Crippen molar-refractivity contribution in [2.45, 2.75) is 0 Å². The van der Waals surface area contributed by atoms with E-state index in [4.69, 9.17) is 11.6 Å². The molecule has 1 N–H and O–H groups in total. The zero-order valence-electron chi connectivity index (χ0n) is 14.0. The van der Waals surface area contributed by atoms with Crippen LogP contribution < -0.4 is 0 Å². The summed E-state index contributed by atoms with van der Waals surface area (Å²) >= 11 is 6.21. The standard InChI is InChI=1S/C24H16ClN/c25-19-11-12-20-22(15-19)26-23-14-18(16-7-3-1-4-8-16)13-21(24(20)23)17-9-5-2-6-10-17/h1-15,26H. The largest absolute Gasteiger partial charge is 0.354 e. The maximum absolute atomic E-state index is 6.21. The van der Waals surface area contributed by atoms with E-state index in [0.29, 0.717) is 0 Å². The minimum absolute atomic E-state index is 0.744. The summed E-state index contributed by atoms with van der Waals surface area (Å²) in [5.74, 6) is 0. The number of benzene rings is 4. The SMILES string of the molecule is Clc1ccc2c(c1)[nH]c1cc(-c3ccccc3)cc(-c3ccccc3)c12. The molecule has 124 valence electrons. The summed E-state index contributed by atoms with van der Waals surface area (Å²) in [5, 5.41) is 3.18. The number of rotatable bonds is 2. The van der Waals surface area contributed by atoms with Crippen LogP contribution >= 0.6 is 11.6 Å². The molecular weight excluding hydrogens is 338 g/mol. The van der Waals surface area contributed by atoms with E-state index in [1.54, 1.807) is 0 Å². The smallest absolute Gasteiger partial charge is 0.0480 e. The lowest BCUT2D eigenvalue weighted by atomic mass is 9.94. The van der Waals surface area contributed by atoms with Crippen LogP contribution in [-0.4, -0.2) is 4.98 Å². The summed E-state index contributed by atoms with van der Waals surface area (Å²) < 4.78 is 0. The summed E-state index contributed by atoms with van der Waals surface area (Å²) in [7, 11) is 0. The Labute approximate surface area is 156 Å². The van der Waals surface area contributed by atoms with Crippen LogP contribution in [0.25, 0.3) is 44.1 Å². The Balaban J connectivity index is 1.90. The fourth-order valence-electron chi connectivity index (χ4n) is 3.66. The molecule has 0 aliphatic carbocycles. The van der Waals surface area contributed by atoms with Crippen molar-refractivity contribution >= 4 is 33.4 Å². The Hall–Kier alpha value is -3.03. The van der Waals surface area contributed by atoms with E-state index in [2.05, 4.69) is 77.8 Å². The van der Waals surface area contributed by atoms with Crippen molar-refractivity contribution in [3.63, 3.8) is 0 Å². The average molecular weight is 354 g/mol. The number of H-pyrrole nitrogens is 1. The highest BCUT2D eigenvalue weighted by atomic mass is 35.5. The van der Waals surface area contributed by atoms with Crippen LogP contribution in [-0.2, 0) is 0 Å². The number of hydrogen-bond acceptors (Lipinski definition) is 0. The Kier molecular flexibility index (Phi) is 3.55. The molecule has 5 aromatic rings. The predicted molar refractivity (Wildman–Crippen MR) is 112 cm³/mol. The molecule has 0 fully saturated rings. The van der Waals surface area contributed by atoms with Crippen LogP contribution in [0.2, 0.25) is 5.02 Å². The third-order valence-corrected chi connectivity index (χ3v) is 5.09. The van der Waals surface area contributed by atoms with E-state index in [1.165, 1.54) is 33.0 Å². The molecule has 26 heavy (non-hydrogen) atoms. The molecule has 5 rings (SSSR count). The minimum Gasteiger partial charge on any atom is -0.354 e. The van der Waals surface area contributed by atoms with Gasteiger partial charge in [0.2, 0.25) is 0 Å². The van der Waals surface area contributed by atoms with Gasteiger partial charge in [-0.05, 0) is 46.5 Å². The fourth-order valence-corrected chi connectivity index (χ4v) is 3.83. The second-order valence-electron chi connectivity index (χ2n) is 6.49. The lowest BCUT2D eigenvalue weighted by Gasteiger charge is -2.09. The molecule has 0 saturated carbocycles. The molecule has 0 spiro atoms. The number of aromatic nitrogens is 1. The van der Waals surface area contributed by atoms with Crippen LogP contribution in [0, 0.1) is 0 Å². The van der Waals surface area contributed by atoms with Crippen molar-refractivity contribution in [1.29, 1.82) is 0 Å². The molecule has 0 atom stereocenters. The van der Waals surface area contributed by atoms with Gasteiger partial charge in [-0.25, -0.2) is 0 Å². The second-order valence-corrected chi connectivity index (χ2v) is 6.93. The molecule has 0 unspecified atom stereocenters. The molecule has 0 bridgehead atoms. The first-order chi connectivity index (χ1) is 12.8. The molecular formula is C24H16ClN. The summed E-state index contributed by atoms with van der Waals surface area (Å²) in [4.78, 5) is 3.55. The van der Waals surface area contributed by atoms with E-state index < -0.39 is 0 Å². The van der Waals surface area contributed by atoms with Gasteiger partial charge in [0, 0.05) is 26.8 Å². The lowest BCUT2D eigenvalue weighted by molar-refractivity contribution is 1.54. The van der Waals surface area contributed by atoms with Crippen molar-refractivity contribution in [2.24, 2.45) is 0 Å². The molecule has 1 aromatic heterocycles. The molecule has 0 radical (unpaired) electrons. The lowest BCUT2D eigenvalue weighted by Crippen LogP contribution is -1.84. The van der Waals surface area contributed by atoms with Gasteiger partial charge < -0.3 is 4.98 Å². The first-order valence-electron chi connectivity index (χ1n) is 8.65. The predicted octanol–water partition coefficient (Wildman–Crippen LogP) is 7.31. The van der Waals surface area contributed by atoms with E-state index in [9.17, 15) is 0 Å². The Morgan fingerprint density at radius 3 is 2.00 bits per heavy atom. The van der Waals surface area contributed by atoms with Gasteiger partial charge in [0.15, 0.2) is 0 Å². The van der Waals surface area contributed by atoms with Crippen LogP contribution in [0.5, 0.6) is 0 Å². The van der Waals surface area contributed by atoms with Crippen molar-refractivity contribution < 1.29 is 0 Å². The van der Waals surface area contributed by atoms with Crippen LogP contribution in [0.1, 0.15) is 0 Å². The van der Waals surface area contributed by atoms with Crippen LogP contribution in [0.3, 0.4) is 0 Å². The zero-order valence-corrected chi connectivity index (χ0v) is 14.8. The van der Waals surface area contributed by atoms with Gasteiger partial charge in [-0.15, -0.1) is 0 Å². The molecule has 4 aromatic carbocycles. The van der Waals surface area contributed by atoms with Crippen LogP contribution in [0.15, 0.2) is 91.0 Å². The third kappa shape index (κ3) is 2.49. The van der Waals surface area contributed by atoms with Gasteiger partial charge in [0.25, 0.3) is 0 Å². The number of fused-ring (bicyclic) bond motifs is 3. The number of nitrogens with one attached hydrogen (secondary N) is 1.